The summed E-state index contributed by atoms with van der Waals surface area (Å²) in [6, 6.07) is 15.7. The van der Waals surface area contributed by atoms with Gasteiger partial charge in [-0.3, -0.25) is 9.59 Å². The van der Waals surface area contributed by atoms with Gasteiger partial charge in [0.05, 0.1) is 19.6 Å². The third-order valence-corrected chi connectivity index (χ3v) is 4.30. The number of benzene rings is 2. The number of hydrogen-bond acceptors (Lipinski definition) is 5. The van der Waals surface area contributed by atoms with Crippen molar-refractivity contribution in [2.45, 2.75) is 38.7 Å². The second-order valence-corrected chi connectivity index (χ2v) is 8.14. The van der Waals surface area contributed by atoms with Gasteiger partial charge in [0.25, 0.3) is 0 Å². The lowest BCUT2D eigenvalue weighted by atomic mass is 9.91. The van der Waals surface area contributed by atoms with Gasteiger partial charge in [-0.05, 0) is 44.0 Å². The molecule has 1 atom stereocenters. The van der Waals surface area contributed by atoms with E-state index in [1.807, 2.05) is 6.07 Å². The smallest absolute Gasteiger partial charge is 0.407 e. The Kier molecular flexibility index (Phi) is 9.22. The highest BCUT2D eigenvalue weighted by molar-refractivity contribution is 5.91. The van der Waals surface area contributed by atoms with Crippen molar-refractivity contribution >= 4 is 23.7 Å². The molecular formula is C24H30N2O6. The van der Waals surface area contributed by atoms with Gasteiger partial charge in [0.1, 0.15) is 11.5 Å². The van der Waals surface area contributed by atoms with Gasteiger partial charge in [-0.25, -0.2) is 4.79 Å². The van der Waals surface area contributed by atoms with Crippen LogP contribution in [0.4, 0.5) is 10.5 Å². The monoisotopic (exact) mass is 442 g/mol. The summed E-state index contributed by atoms with van der Waals surface area (Å²) in [5, 5.41) is 14.9. The van der Waals surface area contributed by atoms with Crippen LogP contribution in [0.2, 0.25) is 0 Å². The molecule has 0 saturated heterocycles. The van der Waals surface area contributed by atoms with E-state index in [0.29, 0.717) is 16.8 Å². The van der Waals surface area contributed by atoms with E-state index in [1.165, 1.54) is 0 Å². The predicted molar refractivity (Wildman–Crippen MR) is 121 cm³/mol. The second-order valence-electron chi connectivity index (χ2n) is 8.14. The molecule has 8 heteroatoms. The first-order chi connectivity index (χ1) is 15.2. The van der Waals surface area contributed by atoms with E-state index in [2.05, 4.69) is 10.6 Å². The standard InChI is InChI=1S/C24H30N2O6/c1-24(2,3)32-23(30)25-14-16-31-15-13-20(27)26-19-11-9-18(10-12-19)21(22(28)29)17-7-5-4-6-8-17/h4-12,21H,13-16H2,1-3H3,(H,25,30)(H,26,27)(H,28,29). The Labute approximate surface area is 187 Å². The van der Waals surface area contributed by atoms with Crippen LogP contribution in [0, 0.1) is 0 Å². The fourth-order valence-corrected chi connectivity index (χ4v) is 2.91. The number of carbonyl (C=O) groups excluding carboxylic acids is 2. The molecule has 8 nitrogen and oxygen atoms in total. The summed E-state index contributed by atoms with van der Waals surface area (Å²) >= 11 is 0. The number of amides is 2. The molecule has 2 rings (SSSR count). The molecule has 2 aromatic rings. The summed E-state index contributed by atoms with van der Waals surface area (Å²) in [5.74, 6) is -1.94. The van der Waals surface area contributed by atoms with Crippen molar-refractivity contribution in [2.75, 3.05) is 25.1 Å². The Bertz CT molecular complexity index is 891. The fourth-order valence-electron chi connectivity index (χ4n) is 2.91. The van der Waals surface area contributed by atoms with Crippen molar-refractivity contribution in [3.63, 3.8) is 0 Å². The zero-order chi connectivity index (χ0) is 23.6. The average Bonchev–Trinajstić information content (AvgIpc) is 2.71. The maximum absolute atomic E-state index is 12.1. The quantitative estimate of drug-likeness (QED) is 0.483. The summed E-state index contributed by atoms with van der Waals surface area (Å²) < 4.78 is 10.5. The van der Waals surface area contributed by atoms with Crippen molar-refractivity contribution in [2.24, 2.45) is 0 Å². The third kappa shape index (κ3) is 8.77. The molecule has 172 valence electrons. The van der Waals surface area contributed by atoms with Gasteiger partial charge in [0, 0.05) is 12.2 Å². The van der Waals surface area contributed by atoms with Crippen LogP contribution < -0.4 is 10.6 Å². The molecule has 0 bridgehead atoms. The maximum Gasteiger partial charge on any atom is 0.407 e. The number of carboxylic acid groups (broad SMARTS) is 1. The van der Waals surface area contributed by atoms with Crippen molar-refractivity contribution < 1.29 is 29.0 Å². The minimum absolute atomic E-state index is 0.149. The maximum atomic E-state index is 12.1. The van der Waals surface area contributed by atoms with Crippen molar-refractivity contribution in [1.82, 2.24) is 5.32 Å². The summed E-state index contributed by atoms with van der Waals surface area (Å²) in [5.41, 5.74) is 1.33. The average molecular weight is 443 g/mol. The molecule has 32 heavy (non-hydrogen) atoms. The molecule has 0 aliphatic carbocycles. The van der Waals surface area contributed by atoms with Gasteiger partial charge in [0.2, 0.25) is 5.91 Å². The van der Waals surface area contributed by atoms with Crippen molar-refractivity contribution in [1.29, 1.82) is 0 Å². The SMILES string of the molecule is CC(C)(C)OC(=O)NCCOCCC(=O)Nc1ccc(C(C(=O)O)c2ccccc2)cc1. The molecular weight excluding hydrogens is 412 g/mol. The first-order valence-corrected chi connectivity index (χ1v) is 10.4. The Morgan fingerprint density at radius 1 is 0.938 bits per heavy atom. The molecule has 2 amide bonds. The van der Waals surface area contributed by atoms with E-state index in [4.69, 9.17) is 9.47 Å². The molecule has 0 saturated carbocycles. The molecule has 1 unspecified atom stereocenters. The molecule has 2 aromatic carbocycles. The van der Waals surface area contributed by atoms with Crippen LogP contribution in [0.25, 0.3) is 0 Å². The molecule has 0 radical (unpaired) electrons. The Balaban J connectivity index is 1.74. The Hall–Kier alpha value is -3.39. The van der Waals surface area contributed by atoms with Gasteiger partial charge in [0.15, 0.2) is 0 Å². The molecule has 0 aliphatic heterocycles. The number of nitrogens with one attached hydrogen (secondary N) is 2. The topological polar surface area (TPSA) is 114 Å². The molecule has 0 spiro atoms. The van der Waals surface area contributed by atoms with E-state index < -0.39 is 23.6 Å². The minimum atomic E-state index is -0.939. The summed E-state index contributed by atoms with van der Waals surface area (Å²) in [4.78, 5) is 35.3. The first-order valence-electron chi connectivity index (χ1n) is 10.4. The zero-order valence-corrected chi connectivity index (χ0v) is 18.6. The van der Waals surface area contributed by atoms with E-state index in [-0.39, 0.29) is 32.1 Å². The fraction of sp³-hybridized carbons (Fsp3) is 0.375. The number of aliphatic carboxylic acids is 1. The van der Waals surface area contributed by atoms with Gasteiger partial charge < -0.3 is 25.2 Å². The molecule has 3 N–H and O–H groups in total. The normalized spacial score (nSPS) is 12.0. The Morgan fingerprint density at radius 2 is 1.56 bits per heavy atom. The molecule has 0 fully saturated rings. The van der Waals surface area contributed by atoms with Crippen molar-refractivity contribution in [3.8, 4) is 0 Å². The van der Waals surface area contributed by atoms with Crippen LogP contribution in [0.1, 0.15) is 44.2 Å². The van der Waals surface area contributed by atoms with Gasteiger partial charge in [-0.15, -0.1) is 0 Å². The minimum Gasteiger partial charge on any atom is -0.481 e. The van der Waals surface area contributed by atoms with Gasteiger partial charge in [-0.1, -0.05) is 42.5 Å². The number of hydrogen-bond donors (Lipinski definition) is 3. The highest BCUT2D eigenvalue weighted by Gasteiger charge is 2.21. The number of carboxylic acids is 1. The summed E-state index contributed by atoms with van der Waals surface area (Å²) in [7, 11) is 0. The van der Waals surface area contributed by atoms with Gasteiger partial charge >= 0.3 is 12.1 Å². The molecule has 0 aliphatic rings. The molecule has 0 heterocycles. The number of ether oxygens (including phenoxy) is 2. The van der Waals surface area contributed by atoms with E-state index in [0.717, 1.165) is 0 Å². The third-order valence-electron chi connectivity index (χ3n) is 4.30. The van der Waals surface area contributed by atoms with E-state index in [9.17, 15) is 19.5 Å². The van der Waals surface area contributed by atoms with E-state index >= 15 is 0 Å². The molecule has 0 aromatic heterocycles. The number of carbonyl (C=O) groups is 3. The van der Waals surface area contributed by atoms with Crippen LogP contribution in [0.3, 0.4) is 0 Å². The zero-order valence-electron chi connectivity index (χ0n) is 18.6. The Morgan fingerprint density at radius 3 is 2.16 bits per heavy atom. The lowest BCUT2D eigenvalue weighted by Crippen LogP contribution is -2.34. The van der Waals surface area contributed by atoms with Crippen LogP contribution in [-0.2, 0) is 19.1 Å². The second kappa shape index (κ2) is 11.9. The lowest BCUT2D eigenvalue weighted by molar-refractivity contribution is -0.137. The highest BCUT2D eigenvalue weighted by atomic mass is 16.6. The number of anilines is 1. The summed E-state index contributed by atoms with van der Waals surface area (Å²) in [6.45, 7) is 6.09. The van der Waals surface area contributed by atoms with Crippen LogP contribution in [0.5, 0.6) is 0 Å². The number of alkyl carbamates (subject to hydrolysis) is 1. The largest absolute Gasteiger partial charge is 0.481 e. The lowest BCUT2D eigenvalue weighted by Gasteiger charge is -2.19. The van der Waals surface area contributed by atoms with Gasteiger partial charge in [-0.2, -0.15) is 0 Å². The van der Waals surface area contributed by atoms with Crippen molar-refractivity contribution in [3.05, 3.63) is 65.7 Å². The predicted octanol–water partition coefficient (Wildman–Crippen LogP) is 3.77. The number of rotatable bonds is 10. The summed E-state index contributed by atoms with van der Waals surface area (Å²) in [6.07, 6.45) is -0.365. The first kappa shape index (κ1) is 24.9. The van der Waals surface area contributed by atoms with E-state index in [1.54, 1.807) is 69.3 Å². The van der Waals surface area contributed by atoms with Crippen LogP contribution in [0.15, 0.2) is 54.6 Å². The highest BCUT2D eigenvalue weighted by Crippen LogP contribution is 2.26. The van der Waals surface area contributed by atoms with Crippen LogP contribution >= 0.6 is 0 Å². The van der Waals surface area contributed by atoms with Crippen LogP contribution in [-0.4, -0.2) is 48.4 Å².